The summed E-state index contributed by atoms with van der Waals surface area (Å²) >= 11 is 0. The summed E-state index contributed by atoms with van der Waals surface area (Å²) in [6.07, 6.45) is -10.3. The zero-order valence-corrected chi connectivity index (χ0v) is 21.2. The number of hydrogen-bond donors (Lipinski definition) is 1. The van der Waals surface area contributed by atoms with Gasteiger partial charge in [-0.25, -0.2) is 8.42 Å². The number of carbonyl (C=O) groups is 1. The standard InChI is InChI=1S/C25H20F5NO5S2/c1-16(2)22(32)35-23(24(26,27)28)25(29,30)38(33,34)36-37(17-10-4-3-5-11-17)20-14-8-6-12-18(20)31-19-13-7-9-15-21(19)37/h3-15,23,31H,1H2,2H3. The molecule has 0 radical (unpaired) electrons. The maximum absolute atomic E-state index is 15.4. The minimum atomic E-state index is -6.46. The molecule has 1 aliphatic rings. The second-order valence-electron chi connectivity index (χ2n) is 8.18. The Bertz CT molecular complexity index is 1450. The molecular weight excluding hydrogens is 553 g/mol. The number of nitrogens with one attached hydrogen (secondary N) is 1. The van der Waals surface area contributed by atoms with Gasteiger partial charge in [-0.3, -0.25) is 0 Å². The number of halogens is 5. The van der Waals surface area contributed by atoms with Gasteiger partial charge in [-0.05, 0) is 53.6 Å². The van der Waals surface area contributed by atoms with E-state index in [9.17, 15) is 26.4 Å². The van der Waals surface area contributed by atoms with Crippen LogP contribution in [0.4, 0.5) is 33.3 Å². The van der Waals surface area contributed by atoms with Gasteiger partial charge in [-0.15, -0.1) is 0 Å². The highest BCUT2D eigenvalue weighted by Gasteiger charge is 2.68. The lowest BCUT2D eigenvalue weighted by Gasteiger charge is -2.45. The Morgan fingerprint density at radius 3 is 1.82 bits per heavy atom. The molecule has 3 aromatic rings. The average Bonchev–Trinajstić information content (AvgIpc) is 2.86. The monoisotopic (exact) mass is 573 g/mol. The van der Waals surface area contributed by atoms with E-state index >= 15 is 8.78 Å². The molecule has 0 fully saturated rings. The lowest BCUT2D eigenvalue weighted by Crippen LogP contribution is -2.53. The molecule has 1 N–H and O–H groups in total. The Morgan fingerprint density at radius 1 is 0.868 bits per heavy atom. The second kappa shape index (κ2) is 9.71. The van der Waals surface area contributed by atoms with Crippen molar-refractivity contribution in [3.8, 4) is 0 Å². The topological polar surface area (TPSA) is 81.7 Å². The highest BCUT2D eigenvalue weighted by Crippen LogP contribution is 2.75. The summed E-state index contributed by atoms with van der Waals surface area (Å²) in [5, 5.41) is -2.66. The SMILES string of the molecule is C=C(C)C(=O)OC(C(F)(F)F)C(F)(F)S(=O)(=O)OS1(c2ccccc2)c2ccccc2Nc2ccccc21. The van der Waals surface area contributed by atoms with E-state index in [1.807, 2.05) is 0 Å². The lowest BCUT2D eigenvalue weighted by molar-refractivity contribution is -0.257. The van der Waals surface area contributed by atoms with Crippen LogP contribution >= 0.6 is 10.3 Å². The van der Waals surface area contributed by atoms with Gasteiger partial charge in [0, 0.05) is 20.3 Å². The molecule has 1 aliphatic heterocycles. The van der Waals surface area contributed by atoms with Crippen LogP contribution < -0.4 is 5.32 Å². The highest BCUT2D eigenvalue weighted by atomic mass is 32.3. The number of alkyl halides is 5. The molecule has 0 saturated carbocycles. The van der Waals surface area contributed by atoms with Crippen molar-refractivity contribution < 1.29 is 43.5 Å². The van der Waals surface area contributed by atoms with Crippen LogP contribution in [0, 0.1) is 0 Å². The molecule has 202 valence electrons. The van der Waals surface area contributed by atoms with Crippen molar-refractivity contribution in [2.45, 2.75) is 39.1 Å². The van der Waals surface area contributed by atoms with Crippen molar-refractivity contribution in [1.29, 1.82) is 0 Å². The molecule has 13 heteroatoms. The third-order valence-electron chi connectivity index (χ3n) is 5.44. The van der Waals surface area contributed by atoms with Gasteiger partial charge in [-0.2, -0.15) is 30.4 Å². The summed E-state index contributed by atoms with van der Waals surface area (Å²) in [4.78, 5) is 12.2. The van der Waals surface area contributed by atoms with Crippen LogP contribution in [0.5, 0.6) is 0 Å². The fourth-order valence-electron chi connectivity index (χ4n) is 3.73. The van der Waals surface area contributed by atoms with E-state index < -0.39 is 49.5 Å². The molecular formula is C25H20F5NO5S2. The zero-order chi connectivity index (χ0) is 27.9. The van der Waals surface area contributed by atoms with Gasteiger partial charge in [0.05, 0.1) is 11.4 Å². The van der Waals surface area contributed by atoms with Crippen LogP contribution in [0.2, 0.25) is 0 Å². The average molecular weight is 574 g/mol. The van der Waals surface area contributed by atoms with Crippen LogP contribution in [-0.4, -0.2) is 31.9 Å². The minimum absolute atomic E-state index is 0.128. The summed E-state index contributed by atoms with van der Waals surface area (Å²) in [7, 11) is -10.1. The van der Waals surface area contributed by atoms with E-state index in [4.69, 9.17) is 3.63 Å². The molecule has 6 nitrogen and oxygen atoms in total. The maximum Gasteiger partial charge on any atom is 0.432 e. The second-order valence-corrected chi connectivity index (χ2v) is 12.6. The molecule has 4 rings (SSSR count). The molecule has 0 spiro atoms. The molecule has 38 heavy (non-hydrogen) atoms. The molecule has 0 saturated heterocycles. The Kier molecular flexibility index (Phi) is 7.06. The maximum atomic E-state index is 15.4. The Hall–Kier alpha value is -3.42. The largest absolute Gasteiger partial charge is 0.441 e. The number of ether oxygens (including phenoxy) is 1. The molecule has 0 amide bonds. The third kappa shape index (κ3) is 4.65. The smallest absolute Gasteiger partial charge is 0.432 e. The van der Waals surface area contributed by atoms with Crippen LogP contribution in [0.1, 0.15) is 6.92 Å². The minimum Gasteiger partial charge on any atom is -0.441 e. The van der Waals surface area contributed by atoms with Crippen molar-refractivity contribution in [2.24, 2.45) is 0 Å². The third-order valence-corrected chi connectivity index (χ3v) is 10.7. The van der Waals surface area contributed by atoms with E-state index in [2.05, 4.69) is 16.6 Å². The number of carbonyl (C=O) groups excluding carboxylic acids is 1. The van der Waals surface area contributed by atoms with Crippen molar-refractivity contribution in [3.63, 3.8) is 0 Å². The van der Waals surface area contributed by atoms with E-state index in [0.29, 0.717) is 11.4 Å². The van der Waals surface area contributed by atoms with Gasteiger partial charge in [-0.1, -0.05) is 49.0 Å². The first-order valence-corrected chi connectivity index (χ1v) is 13.8. The molecule has 0 aliphatic carbocycles. The summed E-state index contributed by atoms with van der Waals surface area (Å²) in [5.41, 5.74) is -0.0183. The van der Waals surface area contributed by atoms with Gasteiger partial charge in [0.15, 0.2) is 0 Å². The number of anilines is 2. The molecule has 0 aromatic heterocycles. The molecule has 3 aromatic carbocycles. The van der Waals surface area contributed by atoms with Gasteiger partial charge in [0.1, 0.15) is 0 Å². The zero-order valence-electron chi connectivity index (χ0n) is 19.5. The van der Waals surface area contributed by atoms with Crippen molar-refractivity contribution in [2.75, 3.05) is 5.32 Å². The predicted molar refractivity (Wildman–Crippen MR) is 131 cm³/mol. The van der Waals surface area contributed by atoms with Crippen molar-refractivity contribution >= 4 is 37.8 Å². The first-order valence-electron chi connectivity index (χ1n) is 10.8. The van der Waals surface area contributed by atoms with E-state index in [-0.39, 0.29) is 14.7 Å². The highest BCUT2D eigenvalue weighted by molar-refractivity contribution is 8.33. The number of para-hydroxylation sites is 2. The molecule has 0 bridgehead atoms. The Labute approximate surface area is 216 Å². The number of rotatable bonds is 7. The predicted octanol–water partition coefficient (Wildman–Crippen LogP) is 6.93. The van der Waals surface area contributed by atoms with Gasteiger partial charge < -0.3 is 10.1 Å². The Morgan fingerprint density at radius 2 is 1.34 bits per heavy atom. The van der Waals surface area contributed by atoms with Crippen molar-refractivity contribution in [3.05, 3.63) is 91.0 Å². The van der Waals surface area contributed by atoms with Crippen LogP contribution in [0.3, 0.4) is 0 Å². The summed E-state index contributed by atoms with van der Waals surface area (Å²) in [6, 6.07) is 19.7. The summed E-state index contributed by atoms with van der Waals surface area (Å²) < 4.78 is 108. The van der Waals surface area contributed by atoms with Crippen LogP contribution in [-0.2, 0) is 23.3 Å². The van der Waals surface area contributed by atoms with Gasteiger partial charge in [0.2, 0.25) is 0 Å². The molecule has 1 atom stereocenters. The first kappa shape index (κ1) is 27.6. The Balaban J connectivity index is 1.97. The quantitative estimate of drug-likeness (QED) is 0.188. The van der Waals surface area contributed by atoms with E-state index in [1.165, 1.54) is 48.5 Å². The number of benzene rings is 3. The van der Waals surface area contributed by atoms with E-state index in [0.717, 1.165) is 6.92 Å². The summed E-state index contributed by atoms with van der Waals surface area (Å²) in [5.74, 6) is -1.84. The fraction of sp³-hybridized carbons (Fsp3) is 0.160. The first-order chi connectivity index (χ1) is 17.7. The van der Waals surface area contributed by atoms with Gasteiger partial charge in [0.25, 0.3) is 6.10 Å². The molecule has 1 unspecified atom stereocenters. The number of esters is 1. The fourth-order valence-corrected chi connectivity index (χ4v) is 9.19. The van der Waals surface area contributed by atoms with E-state index in [1.54, 1.807) is 30.3 Å². The lowest BCUT2D eigenvalue weighted by atomic mass is 10.2. The number of fused-ring (bicyclic) bond motifs is 2. The number of hydrogen-bond acceptors (Lipinski definition) is 6. The summed E-state index contributed by atoms with van der Waals surface area (Å²) in [6.45, 7) is 3.99. The van der Waals surface area contributed by atoms with Gasteiger partial charge >= 0.3 is 27.5 Å². The van der Waals surface area contributed by atoms with Crippen LogP contribution in [0.15, 0.2) is 106 Å². The van der Waals surface area contributed by atoms with Crippen molar-refractivity contribution in [1.82, 2.24) is 0 Å². The normalized spacial score (nSPS) is 16.3. The molecule has 1 heterocycles. The van der Waals surface area contributed by atoms with Crippen LogP contribution in [0.25, 0.3) is 0 Å².